The first-order chi connectivity index (χ1) is 10.2. The zero-order valence-electron chi connectivity index (χ0n) is 13.8. The van der Waals surface area contributed by atoms with Crippen LogP contribution in [0.25, 0.3) is 0 Å². The Labute approximate surface area is 134 Å². The molecule has 0 aliphatic rings. The monoisotopic (exact) mass is 319 g/mol. The summed E-state index contributed by atoms with van der Waals surface area (Å²) in [6.45, 7) is 9.56. The third kappa shape index (κ3) is 2.97. The van der Waals surface area contributed by atoms with Crippen molar-refractivity contribution in [2.75, 3.05) is 0 Å². The summed E-state index contributed by atoms with van der Waals surface area (Å²) in [6.07, 6.45) is 0. The first-order valence-electron chi connectivity index (χ1n) is 7.14. The van der Waals surface area contributed by atoms with Crippen LogP contribution in [0, 0.1) is 27.7 Å². The molecule has 0 aromatic carbocycles. The molecule has 0 radical (unpaired) electrons. The molecule has 0 aliphatic carbocycles. The predicted octanol–water partition coefficient (Wildman–Crippen LogP) is 2.57. The number of hydrogen-bond acceptors (Lipinski definition) is 4. The molecule has 0 saturated carbocycles. The first-order valence-corrected chi connectivity index (χ1v) is 7.96. The summed E-state index contributed by atoms with van der Waals surface area (Å²) in [7, 11) is 1.56. The van der Waals surface area contributed by atoms with Gasteiger partial charge in [-0.25, -0.2) is 4.68 Å². The Balaban J connectivity index is 2.34. The molecule has 6 heteroatoms. The molecule has 22 heavy (non-hydrogen) atoms. The molecular weight excluding hydrogens is 298 g/mol. The van der Waals surface area contributed by atoms with E-state index in [0.717, 1.165) is 5.56 Å². The molecule has 1 amide bonds. The highest BCUT2D eigenvalue weighted by atomic mass is 32.1. The summed E-state index contributed by atoms with van der Waals surface area (Å²) >= 11 is 1.70. The van der Waals surface area contributed by atoms with Gasteiger partial charge in [0.25, 0.3) is 11.5 Å². The minimum Gasteiger partial charge on any atom is -0.345 e. The molecule has 0 fully saturated rings. The van der Waals surface area contributed by atoms with Crippen molar-refractivity contribution < 1.29 is 4.79 Å². The number of rotatable bonds is 3. The quantitative estimate of drug-likeness (QED) is 0.945. The van der Waals surface area contributed by atoms with Crippen molar-refractivity contribution >= 4 is 17.2 Å². The lowest BCUT2D eigenvalue weighted by atomic mass is 10.1. The van der Waals surface area contributed by atoms with Crippen molar-refractivity contribution in [3.05, 3.63) is 48.6 Å². The van der Waals surface area contributed by atoms with Gasteiger partial charge in [-0.3, -0.25) is 9.59 Å². The van der Waals surface area contributed by atoms with Crippen molar-refractivity contribution in [3.63, 3.8) is 0 Å². The average molecular weight is 319 g/mol. The highest BCUT2D eigenvalue weighted by Crippen LogP contribution is 2.26. The van der Waals surface area contributed by atoms with Crippen LogP contribution in [0.1, 0.15) is 49.9 Å². The molecule has 1 N–H and O–H groups in total. The Morgan fingerprint density at radius 3 is 2.50 bits per heavy atom. The fourth-order valence-corrected chi connectivity index (χ4v) is 3.57. The van der Waals surface area contributed by atoms with E-state index in [1.807, 2.05) is 20.8 Å². The summed E-state index contributed by atoms with van der Waals surface area (Å²) < 4.78 is 1.21. The van der Waals surface area contributed by atoms with Gasteiger partial charge in [-0.15, -0.1) is 11.3 Å². The molecule has 0 unspecified atom stereocenters. The van der Waals surface area contributed by atoms with Gasteiger partial charge in [0, 0.05) is 16.8 Å². The lowest BCUT2D eigenvalue weighted by Gasteiger charge is -2.15. The van der Waals surface area contributed by atoms with Gasteiger partial charge in [-0.1, -0.05) is 0 Å². The highest BCUT2D eigenvalue weighted by Gasteiger charge is 2.21. The summed E-state index contributed by atoms with van der Waals surface area (Å²) in [4.78, 5) is 27.1. The maximum Gasteiger partial charge on any atom is 0.279 e. The van der Waals surface area contributed by atoms with Crippen LogP contribution in [-0.4, -0.2) is 15.7 Å². The molecule has 0 bridgehead atoms. The topological polar surface area (TPSA) is 64.0 Å². The minimum absolute atomic E-state index is 0.143. The zero-order valence-corrected chi connectivity index (χ0v) is 14.6. The molecule has 2 rings (SSSR count). The van der Waals surface area contributed by atoms with Crippen molar-refractivity contribution in [3.8, 4) is 0 Å². The maximum atomic E-state index is 12.5. The van der Waals surface area contributed by atoms with E-state index in [-0.39, 0.29) is 23.1 Å². The largest absolute Gasteiger partial charge is 0.345 e. The predicted molar refractivity (Wildman–Crippen MR) is 88.6 cm³/mol. The lowest BCUT2D eigenvalue weighted by molar-refractivity contribution is 0.0936. The summed E-state index contributed by atoms with van der Waals surface area (Å²) in [6, 6.07) is 1.93. The van der Waals surface area contributed by atoms with E-state index >= 15 is 0 Å². The third-order valence-corrected chi connectivity index (χ3v) is 4.83. The second kappa shape index (κ2) is 6.04. The van der Waals surface area contributed by atoms with Crippen LogP contribution in [0.4, 0.5) is 0 Å². The number of aromatic nitrogens is 2. The van der Waals surface area contributed by atoms with Gasteiger partial charge in [0.05, 0.1) is 11.7 Å². The Hall–Kier alpha value is -1.95. The molecule has 2 aromatic rings. The maximum absolute atomic E-state index is 12.5. The van der Waals surface area contributed by atoms with Gasteiger partial charge in [0.15, 0.2) is 0 Å². The Morgan fingerprint density at radius 1 is 1.32 bits per heavy atom. The molecule has 0 aliphatic heterocycles. The second-order valence-corrected chi connectivity index (χ2v) is 7.04. The number of nitrogens with one attached hydrogen (secondary N) is 1. The van der Waals surface area contributed by atoms with Gasteiger partial charge in [-0.05, 0) is 51.8 Å². The summed E-state index contributed by atoms with van der Waals surface area (Å²) in [5, 5.41) is 7.03. The van der Waals surface area contributed by atoms with Crippen molar-refractivity contribution in [1.82, 2.24) is 15.1 Å². The standard InChI is InChI=1S/C16H21N3O2S/c1-8-7-13(12(5)22-8)11(4)17-15(20)14-9(2)10(3)18-19(6)16(14)21/h7,11H,1-6H3,(H,17,20)/t11-/m1/s1. The van der Waals surface area contributed by atoms with E-state index in [4.69, 9.17) is 0 Å². The van der Waals surface area contributed by atoms with Crippen LogP contribution in [0.5, 0.6) is 0 Å². The van der Waals surface area contributed by atoms with E-state index in [2.05, 4.69) is 16.5 Å². The summed E-state index contributed by atoms with van der Waals surface area (Å²) in [5.74, 6) is -0.348. The average Bonchev–Trinajstić information content (AvgIpc) is 2.76. The van der Waals surface area contributed by atoms with Crippen molar-refractivity contribution in [1.29, 1.82) is 0 Å². The molecule has 0 spiro atoms. The van der Waals surface area contributed by atoms with Gasteiger partial charge in [-0.2, -0.15) is 5.10 Å². The molecule has 118 valence electrons. The van der Waals surface area contributed by atoms with Crippen molar-refractivity contribution in [2.45, 2.75) is 40.7 Å². The molecule has 2 aromatic heterocycles. The van der Waals surface area contributed by atoms with Gasteiger partial charge >= 0.3 is 0 Å². The Kier molecular flexibility index (Phi) is 4.51. The Morgan fingerprint density at radius 2 is 1.95 bits per heavy atom. The van der Waals surface area contributed by atoms with Gasteiger partial charge in [0.2, 0.25) is 0 Å². The number of thiophene rings is 1. The van der Waals surface area contributed by atoms with E-state index in [1.54, 1.807) is 32.2 Å². The second-order valence-electron chi connectivity index (χ2n) is 5.58. The SMILES string of the molecule is Cc1cc([C@@H](C)NC(=O)c2c(C)c(C)nn(C)c2=O)c(C)s1. The third-order valence-electron chi connectivity index (χ3n) is 3.85. The normalized spacial score (nSPS) is 12.3. The lowest BCUT2D eigenvalue weighted by Crippen LogP contribution is -2.36. The van der Waals surface area contributed by atoms with Crippen LogP contribution >= 0.6 is 11.3 Å². The first kappa shape index (κ1) is 16.4. The number of nitrogens with zero attached hydrogens (tertiary/aromatic N) is 2. The fraction of sp³-hybridized carbons (Fsp3) is 0.438. The van der Waals surface area contributed by atoms with Crippen LogP contribution in [-0.2, 0) is 7.05 Å². The van der Waals surface area contributed by atoms with E-state index in [9.17, 15) is 9.59 Å². The molecule has 1 atom stereocenters. The van der Waals surface area contributed by atoms with Crippen LogP contribution in [0.15, 0.2) is 10.9 Å². The smallest absolute Gasteiger partial charge is 0.279 e. The van der Waals surface area contributed by atoms with Crippen LogP contribution in [0.2, 0.25) is 0 Å². The number of carbonyl (C=O) groups is 1. The number of aryl methyl sites for hydroxylation is 4. The van der Waals surface area contributed by atoms with Crippen LogP contribution < -0.4 is 10.9 Å². The van der Waals surface area contributed by atoms with Gasteiger partial charge < -0.3 is 5.32 Å². The van der Waals surface area contributed by atoms with Crippen LogP contribution in [0.3, 0.4) is 0 Å². The van der Waals surface area contributed by atoms with Gasteiger partial charge in [0.1, 0.15) is 5.56 Å². The number of hydrogen-bond donors (Lipinski definition) is 1. The fourth-order valence-electron chi connectivity index (χ4n) is 2.54. The summed E-state index contributed by atoms with van der Waals surface area (Å²) in [5.41, 5.74) is 2.21. The number of carbonyl (C=O) groups excluding carboxylic acids is 1. The van der Waals surface area contributed by atoms with E-state index in [1.165, 1.54) is 14.4 Å². The number of amides is 1. The molecule has 2 heterocycles. The molecule has 5 nitrogen and oxygen atoms in total. The Bertz CT molecular complexity index is 789. The van der Waals surface area contributed by atoms with Crippen molar-refractivity contribution in [2.24, 2.45) is 7.05 Å². The van der Waals surface area contributed by atoms with E-state index < -0.39 is 0 Å². The minimum atomic E-state index is -0.369. The molecule has 0 saturated heterocycles. The zero-order chi connectivity index (χ0) is 16.6. The highest BCUT2D eigenvalue weighted by molar-refractivity contribution is 7.12. The van der Waals surface area contributed by atoms with E-state index in [0.29, 0.717) is 11.3 Å². The molecular formula is C16H21N3O2S.